The number of carbonyl (C=O) groups is 1. The standard InChI is InChI=1S/C17H20N4O4S/c1-6-24-15(23)12-9(2)11-13(26-12)18-8-21(14(11)22)7-10-19-16(20-25-10)17(3,4)5/h8H,6-7H2,1-5H3. The molecule has 0 aliphatic carbocycles. The number of nitrogens with zero attached hydrogens (tertiary/aromatic N) is 4. The molecule has 0 saturated carbocycles. The summed E-state index contributed by atoms with van der Waals surface area (Å²) >= 11 is 1.16. The first kappa shape index (κ1) is 18.2. The minimum atomic E-state index is -0.439. The van der Waals surface area contributed by atoms with E-state index in [0.717, 1.165) is 11.3 Å². The smallest absolute Gasteiger partial charge is 0.348 e. The van der Waals surface area contributed by atoms with E-state index in [0.29, 0.717) is 32.4 Å². The van der Waals surface area contributed by atoms with E-state index >= 15 is 0 Å². The molecule has 0 amide bonds. The second-order valence-electron chi connectivity index (χ2n) is 6.90. The number of hydrogen-bond donors (Lipinski definition) is 0. The van der Waals surface area contributed by atoms with Gasteiger partial charge in [-0.2, -0.15) is 4.98 Å². The largest absolute Gasteiger partial charge is 0.462 e. The second kappa shape index (κ2) is 6.64. The van der Waals surface area contributed by atoms with Crippen LogP contribution in [-0.4, -0.2) is 32.3 Å². The maximum absolute atomic E-state index is 12.8. The van der Waals surface area contributed by atoms with E-state index in [4.69, 9.17) is 9.26 Å². The molecule has 3 aromatic rings. The molecule has 138 valence electrons. The van der Waals surface area contributed by atoms with Crippen molar-refractivity contribution in [1.82, 2.24) is 19.7 Å². The molecule has 0 N–H and O–H groups in total. The van der Waals surface area contributed by atoms with Crippen molar-refractivity contribution in [2.75, 3.05) is 6.61 Å². The molecule has 0 fully saturated rings. The lowest BCUT2D eigenvalue weighted by Gasteiger charge is -2.10. The van der Waals surface area contributed by atoms with Crippen LogP contribution < -0.4 is 5.56 Å². The summed E-state index contributed by atoms with van der Waals surface area (Å²) in [5, 5.41) is 4.37. The van der Waals surface area contributed by atoms with Crippen LogP contribution in [0.1, 0.15) is 54.6 Å². The Morgan fingerprint density at radius 1 is 1.38 bits per heavy atom. The predicted molar refractivity (Wildman–Crippen MR) is 96.7 cm³/mol. The summed E-state index contributed by atoms with van der Waals surface area (Å²) < 4.78 is 11.7. The minimum absolute atomic E-state index is 0.120. The molecule has 8 nitrogen and oxygen atoms in total. The molecule has 0 saturated heterocycles. The zero-order valence-electron chi connectivity index (χ0n) is 15.3. The molecule has 0 bridgehead atoms. The van der Waals surface area contributed by atoms with Gasteiger partial charge < -0.3 is 9.26 Å². The van der Waals surface area contributed by atoms with Crippen LogP contribution >= 0.6 is 11.3 Å². The highest BCUT2D eigenvalue weighted by molar-refractivity contribution is 7.20. The number of thiophene rings is 1. The van der Waals surface area contributed by atoms with Crippen LogP contribution in [0.4, 0.5) is 0 Å². The highest BCUT2D eigenvalue weighted by Crippen LogP contribution is 2.27. The van der Waals surface area contributed by atoms with Crippen LogP contribution in [0.2, 0.25) is 0 Å². The van der Waals surface area contributed by atoms with Gasteiger partial charge in [0.05, 0.1) is 18.3 Å². The van der Waals surface area contributed by atoms with Crippen molar-refractivity contribution in [3.63, 3.8) is 0 Å². The predicted octanol–water partition coefficient (Wildman–Crippen LogP) is 2.67. The van der Waals surface area contributed by atoms with Crippen LogP contribution in [0.3, 0.4) is 0 Å². The lowest BCUT2D eigenvalue weighted by atomic mass is 9.96. The lowest BCUT2D eigenvalue weighted by molar-refractivity contribution is 0.0531. The second-order valence-corrected chi connectivity index (χ2v) is 7.90. The number of rotatable bonds is 4. The van der Waals surface area contributed by atoms with Gasteiger partial charge in [-0.05, 0) is 19.4 Å². The van der Waals surface area contributed by atoms with E-state index in [1.165, 1.54) is 10.9 Å². The molecule has 0 aliphatic heterocycles. The molecule has 0 spiro atoms. The van der Waals surface area contributed by atoms with E-state index in [-0.39, 0.29) is 24.1 Å². The molecule has 3 heterocycles. The molecule has 26 heavy (non-hydrogen) atoms. The third-order valence-electron chi connectivity index (χ3n) is 3.82. The van der Waals surface area contributed by atoms with Crippen molar-refractivity contribution in [2.45, 2.75) is 46.6 Å². The third-order valence-corrected chi connectivity index (χ3v) is 5.00. The van der Waals surface area contributed by atoms with Gasteiger partial charge in [0.2, 0.25) is 5.89 Å². The molecule has 0 aromatic carbocycles. The number of esters is 1. The Kier molecular flexibility index (Phi) is 4.66. The maximum atomic E-state index is 12.8. The normalized spacial score (nSPS) is 11.9. The average Bonchev–Trinajstić information content (AvgIpc) is 3.15. The summed E-state index contributed by atoms with van der Waals surface area (Å²) in [6, 6.07) is 0. The SMILES string of the molecule is CCOC(=O)c1sc2ncn(Cc3nc(C(C)(C)C)no3)c(=O)c2c1C. The Balaban J connectivity index is 1.99. The van der Waals surface area contributed by atoms with Crippen LogP contribution in [0, 0.1) is 6.92 Å². The van der Waals surface area contributed by atoms with E-state index in [2.05, 4.69) is 15.1 Å². The molecule has 0 unspecified atom stereocenters. The van der Waals surface area contributed by atoms with Gasteiger partial charge in [0.15, 0.2) is 5.82 Å². The summed E-state index contributed by atoms with van der Waals surface area (Å²) in [6.45, 7) is 9.80. The van der Waals surface area contributed by atoms with Crippen molar-refractivity contribution in [3.8, 4) is 0 Å². The Morgan fingerprint density at radius 3 is 2.73 bits per heavy atom. The van der Waals surface area contributed by atoms with Gasteiger partial charge in [0, 0.05) is 5.41 Å². The molecule has 0 radical (unpaired) electrons. The number of aryl methyl sites for hydroxylation is 1. The summed E-state index contributed by atoms with van der Waals surface area (Å²) in [5.41, 5.74) is 0.0824. The fourth-order valence-corrected chi connectivity index (χ4v) is 3.47. The Bertz CT molecular complexity index is 1030. The fourth-order valence-electron chi connectivity index (χ4n) is 2.43. The molecule has 0 atom stereocenters. The first-order chi connectivity index (χ1) is 12.2. The van der Waals surface area contributed by atoms with Crippen LogP contribution in [0.15, 0.2) is 15.6 Å². The van der Waals surface area contributed by atoms with Gasteiger partial charge in [-0.1, -0.05) is 25.9 Å². The van der Waals surface area contributed by atoms with Crippen molar-refractivity contribution in [1.29, 1.82) is 0 Å². The Hall–Kier alpha value is -2.55. The van der Waals surface area contributed by atoms with Crippen molar-refractivity contribution in [3.05, 3.63) is 38.8 Å². The maximum Gasteiger partial charge on any atom is 0.348 e. The Labute approximate surface area is 153 Å². The summed E-state index contributed by atoms with van der Waals surface area (Å²) in [6.07, 6.45) is 1.43. The first-order valence-corrected chi connectivity index (χ1v) is 9.02. The van der Waals surface area contributed by atoms with Crippen LogP contribution in [0.5, 0.6) is 0 Å². The van der Waals surface area contributed by atoms with Gasteiger partial charge in [-0.3, -0.25) is 9.36 Å². The number of aromatic nitrogens is 4. The van der Waals surface area contributed by atoms with Crippen LogP contribution in [-0.2, 0) is 16.7 Å². The summed E-state index contributed by atoms with van der Waals surface area (Å²) in [4.78, 5) is 34.4. The molecule has 0 aliphatic rings. The molecule has 3 rings (SSSR count). The average molecular weight is 376 g/mol. The third kappa shape index (κ3) is 3.26. The van der Waals surface area contributed by atoms with E-state index in [9.17, 15) is 9.59 Å². The van der Waals surface area contributed by atoms with Gasteiger partial charge in [0.25, 0.3) is 5.56 Å². The van der Waals surface area contributed by atoms with Crippen molar-refractivity contribution in [2.24, 2.45) is 0 Å². The first-order valence-electron chi connectivity index (χ1n) is 8.21. The summed E-state index contributed by atoms with van der Waals surface area (Å²) in [7, 11) is 0. The van der Waals surface area contributed by atoms with Gasteiger partial charge in [-0.15, -0.1) is 11.3 Å². The van der Waals surface area contributed by atoms with Gasteiger partial charge >= 0.3 is 5.97 Å². The topological polar surface area (TPSA) is 100 Å². The van der Waals surface area contributed by atoms with Crippen molar-refractivity contribution < 1.29 is 14.1 Å². The van der Waals surface area contributed by atoms with Gasteiger partial charge in [0.1, 0.15) is 16.3 Å². The minimum Gasteiger partial charge on any atom is -0.462 e. The number of carbonyl (C=O) groups excluding carboxylic acids is 1. The molecular weight excluding hydrogens is 356 g/mol. The number of ether oxygens (including phenoxy) is 1. The molecule has 9 heteroatoms. The zero-order chi connectivity index (χ0) is 19.1. The number of hydrogen-bond acceptors (Lipinski definition) is 8. The number of fused-ring (bicyclic) bond motifs is 1. The molecule has 3 aromatic heterocycles. The highest BCUT2D eigenvalue weighted by Gasteiger charge is 2.23. The zero-order valence-corrected chi connectivity index (χ0v) is 16.1. The quantitative estimate of drug-likeness (QED) is 0.645. The van der Waals surface area contributed by atoms with Crippen LogP contribution in [0.25, 0.3) is 10.2 Å². The Morgan fingerprint density at radius 2 is 2.12 bits per heavy atom. The van der Waals surface area contributed by atoms with Crippen molar-refractivity contribution >= 4 is 27.5 Å². The van der Waals surface area contributed by atoms with Gasteiger partial charge in [-0.25, -0.2) is 9.78 Å². The van der Waals surface area contributed by atoms with E-state index in [1.807, 2.05) is 20.8 Å². The molecular formula is C17H20N4O4S. The fraction of sp³-hybridized carbons (Fsp3) is 0.471. The summed E-state index contributed by atoms with van der Waals surface area (Å²) in [5.74, 6) is 0.466. The van der Waals surface area contributed by atoms with E-state index < -0.39 is 5.97 Å². The monoisotopic (exact) mass is 376 g/mol. The van der Waals surface area contributed by atoms with E-state index in [1.54, 1.807) is 13.8 Å². The lowest BCUT2D eigenvalue weighted by Crippen LogP contribution is -2.21. The highest BCUT2D eigenvalue weighted by atomic mass is 32.1.